The summed E-state index contributed by atoms with van der Waals surface area (Å²) in [6.45, 7) is 0.472. The number of aliphatic hydroxyl groups is 1. The van der Waals surface area contributed by atoms with Gasteiger partial charge in [-0.2, -0.15) is 0 Å². The summed E-state index contributed by atoms with van der Waals surface area (Å²) >= 11 is 0. The fourth-order valence-electron chi connectivity index (χ4n) is 0.261. The Morgan fingerprint density at radius 2 is 1.14 bits per heavy atom. The van der Waals surface area contributed by atoms with Crippen LogP contribution in [0.5, 0.6) is 0 Å². The van der Waals surface area contributed by atoms with Crippen molar-refractivity contribution in [1.29, 1.82) is 0 Å². The van der Waals surface area contributed by atoms with Crippen molar-refractivity contribution in [2.75, 3.05) is 25.5 Å². The lowest BCUT2D eigenvalue weighted by Gasteiger charge is -2.03. The molecule has 8 nitrogen and oxygen atoms in total. The molecule has 0 aliphatic rings. The number of hydrogen-bond donors (Lipinski definition) is 6. The largest absolute Gasteiger partial charge is 0.395 e. The van der Waals surface area contributed by atoms with Crippen molar-refractivity contribution >= 4 is 15.2 Å². The van der Waals surface area contributed by atoms with Gasteiger partial charge >= 0.3 is 15.2 Å². The highest BCUT2D eigenvalue weighted by atomic mass is 31.2. The molecule has 0 spiro atoms. The molecular weight excluding hydrogens is 236 g/mol. The third-order valence-corrected chi connectivity index (χ3v) is 2.78. The molecular formula is C4H15NO7P2. The van der Waals surface area contributed by atoms with Gasteiger partial charge in [-0.25, -0.2) is 0 Å². The molecule has 0 saturated carbocycles. The Balaban J connectivity index is 0. The fourth-order valence-corrected chi connectivity index (χ4v) is 2.34. The molecule has 7 N–H and O–H groups in total. The maximum atomic E-state index is 10.0. The van der Waals surface area contributed by atoms with E-state index in [4.69, 9.17) is 30.4 Å². The SMILES string of the molecule is NCCO.O=P(O)(O)CCP(=O)(O)O. The molecule has 0 saturated heterocycles. The molecule has 0 aromatic rings. The van der Waals surface area contributed by atoms with Crippen molar-refractivity contribution in [2.24, 2.45) is 5.73 Å². The highest BCUT2D eigenvalue weighted by molar-refractivity contribution is 7.56. The van der Waals surface area contributed by atoms with Crippen LogP contribution in [-0.2, 0) is 9.13 Å². The van der Waals surface area contributed by atoms with E-state index >= 15 is 0 Å². The highest BCUT2D eigenvalue weighted by Gasteiger charge is 2.20. The zero-order valence-electron chi connectivity index (χ0n) is 7.35. The molecule has 0 amide bonds. The van der Waals surface area contributed by atoms with Crippen molar-refractivity contribution < 1.29 is 33.8 Å². The lowest BCUT2D eigenvalue weighted by atomic mass is 10.8. The first-order chi connectivity index (χ1) is 6.12. The van der Waals surface area contributed by atoms with E-state index in [2.05, 4.69) is 0 Å². The Morgan fingerprint density at radius 3 is 1.21 bits per heavy atom. The first kappa shape index (κ1) is 16.6. The summed E-state index contributed by atoms with van der Waals surface area (Å²) in [7, 11) is -8.51. The second-order valence-electron chi connectivity index (χ2n) is 2.29. The van der Waals surface area contributed by atoms with E-state index < -0.39 is 27.5 Å². The topological polar surface area (TPSA) is 161 Å². The maximum absolute atomic E-state index is 10.0. The minimum Gasteiger partial charge on any atom is -0.395 e. The molecule has 0 bridgehead atoms. The first-order valence-electron chi connectivity index (χ1n) is 3.52. The Morgan fingerprint density at radius 1 is 0.929 bits per heavy atom. The van der Waals surface area contributed by atoms with Crippen LogP contribution in [0.15, 0.2) is 0 Å². The van der Waals surface area contributed by atoms with E-state index in [1.807, 2.05) is 0 Å². The van der Waals surface area contributed by atoms with Crippen LogP contribution in [0.3, 0.4) is 0 Å². The van der Waals surface area contributed by atoms with Crippen LogP contribution in [0.4, 0.5) is 0 Å². The average Bonchev–Trinajstić information content (AvgIpc) is 1.99. The van der Waals surface area contributed by atoms with Gasteiger partial charge in [0.1, 0.15) is 0 Å². The lowest BCUT2D eigenvalue weighted by molar-refractivity contribution is 0.306. The Bertz CT molecular complexity index is 196. The summed E-state index contributed by atoms with van der Waals surface area (Å²) in [5.74, 6) is 0. The molecule has 10 heteroatoms. The van der Waals surface area contributed by atoms with Crippen LogP contribution in [0.25, 0.3) is 0 Å². The Kier molecular flexibility index (Phi) is 8.92. The van der Waals surface area contributed by atoms with Gasteiger partial charge < -0.3 is 30.4 Å². The minimum atomic E-state index is -4.25. The lowest BCUT2D eigenvalue weighted by Crippen LogP contribution is -2.02. The summed E-state index contributed by atoms with van der Waals surface area (Å²) in [6, 6.07) is 0. The fraction of sp³-hybridized carbons (Fsp3) is 1.00. The molecule has 0 aromatic carbocycles. The summed E-state index contributed by atoms with van der Waals surface area (Å²) < 4.78 is 20.1. The summed E-state index contributed by atoms with van der Waals surface area (Å²) in [5, 5.41) is 7.75. The van der Waals surface area contributed by atoms with Crippen LogP contribution >= 0.6 is 15.2 Å². The molecule has 0 aromatic heterocycles. The molecule has 0 heterocycles. The van der Waals surface area contributed by atoms with Crippen molar-refractivity contribution in [3.63, 3.8) is 0 Å². The Labute approximate surface area is 81.1 Å². The molecule has 0 atom stereocenters. The number of hydrogen-bond acceptors (Lipinski definition) is 4. The van der Waals surface area contributed by atoms with Crippen LogP contribution in [-0.4, -0.2) is 50.2 Å². The number of nitrogens with two attached hydrogens (primary N) is 1. The van der Waals surface area contributed by atoms with E-state index in [9.17, 15) is 9.13 Å². The quantitative estimate of drug-likeness (QED) is 0.321. The minimum absolute atomic E-state index is 0.0972. The van der Waals surface area contributed by atoms with Gasteiger partial charge in [0.15, 0.2) is 0 Å². The van der Waals surface area contributed by atoms with Gasteiger partial charge in [-0.3, -0.25) is 9.13 Å². The Hall–Kier alpha value is 0.220. The molecule has 14 heavy (non-hydrogen) atoms. The van der Waals surface area contributed by atoms with Gasteiger partial charge in [0.05, 0.1) is 18.9 Å². The summed E-state index contributed by atoms with van der Waals surface area (Å²) in [5.41, 5.74) is 4.78. The van der Waals surface area contributed by atoms with E-state index in [1.54, 1.807) is 0 Å². The third-order valence-electron chi connectivity index (χ3n) is 0.812. The smallest absolute Gasteiger partial charge is 0.326 e. The standard InChI is InChI=1S/C2H7NO.C2H8O6P2/c3-1-2-4;3-9(4,5)1-2-10(6,7)8/h4H,1-3H2;1-2H2,(H2,3,4,5)(H2,6,7,8). The molecule has 0 fully saturated rings. The van der Waals surface area contributed by atoms with E-state index in [0.717, 1.165) is 0 Å². The van der Waals surface area contributed by atoms with Gasteiger partial charge in [0.2, 0.25) is 0 Å². The van der Waals surface area contributed by atoms with E-state index in [-0.39, 0.29) is 6.61 Å². The molecule has 0 unspecified atom stereocenters. The normalized spacial score (nSPS) is 11.9. The predicted octanol–water partition coefficient (Wildman–Crippen LogP) is -1.72. The molecule has 0 aliphatic carbocycles. The van der Waals surface area contributed by atoms with Gasteiger partial charge in [0, 0.05) is 6.54 Å². The molecule has 0 radical (unpaired) electrons. The monoisotopic (exact) mass is 251 g/mol. The van der Waals surface area contributed by atoms with Gasteiger partial charge in [-0.15, -0.1) is 0 Å². The van der Waals surface area contributed by atoms with Crippen molar-refractivity contribution in [2.45, 2.75) is 0 Å². The van der Waals surface area contributed by atoms with Crippen LogP contribution in [0.2, 0.25) is 0 Å². The van der Waals surface area contributed by atoms with Gasteiger partial charge in [-0.1, -0.05) is 0 Å². The van der Waals surface area contributed by atoms with Gasteiger partial charge in [0.25, 0.3) is 0 Å². The second kappa shape index (κ2) is 7.50. The second-order valence-corrected chi connectivity index (χ2v) is 5.84. The maximum Gasteiger partial charge on any atom is 0.326 e. The van der Waals surface area contributed by atoms with E-state index in [1.165, 1.54) is 0 Å². The van der Waals surface area contributed by atoms with Crippen LogP contribution in [0.1, 0.15) is 0 Å². The van der Waals surface area contributed by atoms with Crippen molar-refractivity contribution in [1.82, 2.24) is 0 Å². The zero-order chi connectivity index (χ0) is 11.8. The number of aliphatic hydroxyl groups excluding tert-OH is 1. The average molecular weight is 251 g/mol. The highest BCUT2D eigenvalue weighted by Crippen LogP contribution is 2.42. The van der Waals surface area contributed by atoms with Gasteiger partial charge in [-0.05, 0) is 0 Å². The molecule has 0 rings (SSSR count). The summed E-state index contributed by atoms with van der Waals surface area (Å²) in [6.07, 6.45) is -1.53. The third kappa shape index (κ3) is 22.8. The zero-order valence-corrected chi connectivity index (χ0v) is 9.14. The van der Waals surface area contributed by atoms with Crippen molar-refractivity contribution in [3.8, 4) is 0 Å². The number of rotatable bonds is 4. The van der Waals surface area contributed by atoms with Crippen LogP contribution in [0, 0.1) is 0 Å². The van der Waals surface area contributed by atoms with Crippen LogP contribution < -0.4 is 5.73 Å². The van der Waals surface area contributed by atoms with Crippen molar-refractivity contribution in [3.05, 3.63) is 0 Å². The predicted molar refractivity (Wildman–Crippen MR) is 50.0 cm³/mol. The first-order valence-corrected chi connectivity index (χ1v) is 7.12. The summed E-state index contributed by atoms with van der Waals surface area (Å²) in [4.78, 5) is 32.6. The molecule has 0 aliphatic heterocycles. The van der Waals surface area contributed by atoms with E-state index in [0.29, 0.717) is 6.54 Å². The molecule has 88 valence electrons.